The van der Waals surface area contributed by atoms with Gasteiger partial charge in [-0.1, -0.05) is 43.3 Å². The van der Waals surface area contributed by atoms with Crippen molar-refractivity contribution in [3.8, 4) is 0 Å². The molecule has 0 spiro atoms. The largest absolute Gasteiger partial charge is 0.329 e. The van der Waals surface area contributed by atoms with Crippen molar-refractivity contribution in [2.75, 3.05) is 0 Å². The van der Waals surface area contributed by atoms with E-state index in [-0.39, 0.29) is 23.4 Å². The number of hydrogen-bond donors (Lipinski definition) is 1. The second-order valence-electron chi connectivity index (χ2n) is 10.0. The summed E-state index contributed by atoms with van der Waals surface area (Å²) in [7, 11) is 0. The molecule has 3 aromatic rings. The third-order valence-corrected chi connectivity index (χ3v) is 8.18. The van der Waals surface area contributed by atoms with E-state index < -0.39 is 0 Å². The summed E-state index contributed by atoms with van der Waals surface area (Å²) in [6.45, 7) is 4.45. The predicted octanol–water partition coefficient (Wildman–Crippen LogP) is 4.00. The molecule has 31 heavy (non-hydrogen) atoms. The van der Waals surface area contributed by atoms with Crippen LogP contribution in [0.25, 0.3) is 5.65 Å². The second kappa shape index (κ2) is 6.92. The molecule has 2 saturated heterocycles. The fourth-order valence-electron chi connectivity index (χ4n) is 6.66. The van der Waals surface area contributed by atoms with Crippen molar-refractivity contribution in [3.63, 3.8) is 0 Å². The molecule has 160 valence electrons. The van der Waals surface area contributed by atoms with E-state index in [9.17, 15) is 4.79 Å². The smallest absolute Gasteiger partial charge is 0.274 e. The van der Waals surface area contributed by atoms with Crippen LogP contribution in [-0.2, 0) is 6.42 Å². The maximum atomic E-state index is 14.1. The molecule has 1 N–H and O–H groups in total. The Bertz CT molecular complexity index is 1140. The molecule has 3 aliphatic rings. The van der Waals surface area contributed by atoms with Crippen LogP contribution in [0.4, 0.5) is 0 Å². The van der Waals surface area contributed by atoms with Crippen molar-refractivity contribution in [1.29, 1.82) is 0 Å². The zero-order valence-electron chi connectivity index (χ0n) is 18.3. The van der Waals surface area contributed by atoms with Gasteiger partial charge in [0.25, 0.3) is 5.91 Å². The molecule has 0 unspecified atom stereocenters. The summed E-state index contributed by atoms with van der Waals surface area (Å²) in [5.74, 6) is 0.0920. The van der Waals surface area contributed by atoms with Gasteiger partial charge in [0.15, 0.2) is 0 Å². The first-order valence-electron chi connectivity index (χ1n) is 11.6. The highest BCUT2D eigenvalue weighted by atomic mass is 16.2. The minimum atomic E-state index is 0.0920. The number of likely N-dealkylation sites (tertiary alicyclic amines) is 1. The highest BCUT2D eigenvalue weighted by molar-refractivity contribution is 5.94. The molecule has 2 bridgehead atoms. The van der Waals surface area contributed by atoms with E-state index in [0.29, 0.717) is 17.8 Å². The molecule has 4 heterocycles. The van der Waals surface area contributed by atoms with E-state index in [1.165, 1.54) is 18.4 Å². The predicted molar refractivity (Wildman–Crippen MR) is 121 cm³/mol. The van der Waals surface area contributed by atoms with Gasteiger partial charge in [0.05, 0.1) is 6.04 Å². The molecule has 2 aromatic heterocycles. The van der Waals surface area contributed by atoms with Gasteiger partial charge in [0.2, 0.25) is 0 Å². The van der Waals surface area contributed by atoms with Crippen molar-refractivity contribution in [2.45, 2.75) is 70.1 Å². The molecule has 5 heteroatoms. The Morgan fingerprint density at radius 1 is 1.19 bits per heavy atom. The molecule has 2 aliphatic heterocycles. The topological polar surface area (TPSA) is 49.6 Å². The van der Waals surface area contributed by atoms with Crippen LogP contribution in [0, 0.1) is 12.3 Å². The molecule has 1 aliphatic carbocycles. The molecular formula is C26H30N4O. The first-order valence-corrected chi connectivity index (χ1v) is 11.6. The quantitative estimate of drug-likeness (QED) is 0.705. The first kappa shape index (κ1) is 19.1. The number of rotatable bonds is 3. The Balaban J connectivity index is 1.43. The van der Waals surface area contributed by atoms with Crippen LogP contribution >= 0.6 is 0 Å². The minimum absolute atomic E-state index is 0.0920. The minimum Gasteiger partial charge on any atom is -0.329 e. The van der Waals surface area contributed by atoms with Gasteiger partial charge in [0, 0.05) is 35.9 Å². The molecule has 6 rings (SSSR count). The highest BCUT2D eigenvalue weighted by Gasteiger charge is 2.60. The number of amides is 1. The van der Waals surface area contributed by atoms with Crippen molar-refractivity contribution in [2.24, 2.45) is 5.41 Å². The standard InChI is InChI=1S/C26H30N4O/c1-17-8-7-13-29-16-20(28-24(17)29)25(31)30-21(14-18-9-4-3-5-10-18)19-15-26(2)22(27-19)11-6-12-23(26)30/h3-5,7-10,13,16,19,21-23,27H,6,11-12,14-15H2,1-2H3/t19-,21-,22-,23+,26-/m0/s1. The zero-order chi connectivity index (χ0) is 21.2. The monoisotopic (exact) mass is 414 g/mol. The molecule has 0 radical (unpaired) electrons. The molecule has 5 atom stereocenters. The van der Waals surface area contributed by atoms with E-state index in [1.54, 1.807) is 0 Å². The summed E-state index contributed by atoms with van der Waals surface area (Å²) in [5, 5.41) is 3.95. The molecule has 1 aromatic carbocycles. The van der Waals surface area contributed by atoms with Crippen LogP contribution in [0.1, 0.15) is 54.2 Å². The van der Waals surface area contributed by atoms with Gasteiger partial charge in [0.1, 0.15) is 11.3 Å². The number of carbonyl (C=O) groups is 1. The molecule has 1 amide bonds. The summed E-state index contributed by atoms with van der Waals surface area (Å²) in [6, 6.07) is 16.0. The number of aryl methyl sites for hydroxylation is 1. The summed E-state index contributed by atoms with van der Waals surface area (Å²) in [5.41, 5.74) is 3.98. The van der Waals surface area contributed by atoms with Gasteiger partial charge in [-0.15, -0.1) is 0 Å². The van der Waals surface area contributed by atoms with Gasteiger partial charge >= 0.3 is 0 Å². The average molecular weight is 415 g/mol. The molecule has 1 saturated carbocycles. The van der Waals surface area contributed by atoms with Gasteiger partial charge in [-0.2, -0.15) is 0 Å². The van der Waals surface area contributed by atoms with Gasteiger partial charge < -0.3 is 14.6 Å². The molecule has 5 nitrogen and oxygen atoms in total. The van der Waals surface area contributed by atoms with E-state index in [0.717, 1.165) is 30.5 Å². The SMILES string of the molecule is Cc1cccn2cc(C(=O)N3[C@@H](Cc4ccccc4)[C@@H]4C[C@@]5(C)[C@H](CCC[C@@H]35)N4)nc12. The number of piperidine rings is 1. The number of fused-ring (bicyclic) bond motifs is 2. The second-order valence-corrected chi connectivity index (χ2v) is 10.0. The fourth-order valence-corrected chi connectivity index (χ4v) is 6.66. The Kier molecular flexibility index (Phi) is 4.26. The van der Waals surface area contributed by atoms with Crippen molar-refractivity contribution < 1.29 is 4.79 Å². The lowest BCUT2D eigenvalue weighted by atomic mass is 9.64. The summed E-state index contributed by atoms with van der Waals surface area (Å²) in [4.78, 5) is 21.1. The normalized spacial score (nSPS) is 31.9. The van der Waals surface area contributed by atoms with Crippen LogP contribution in [0.2, 0.25) is 0 Å². The first-order chi connectivity index (χ1) is 15.0. The van der Waals surface area contributed by atoms with Crippen molar-refractivity contribution >= 4 is 11.6 Å². The summed E-state index contributed by atoms with van der Waals surface area (Å²) in [6.07, 6.45) is 9.42. The Morgan fingerprint density at radius 3 is 2.84 bits per heavy atom. The number of aromatic nitrogens is 2. The number of benzene rings is 1. The van der Waals surface area contributed by atoms with E-state index in [1.807, 2.05) is 35.9 Å². The highest BCUT2D eigenvalue weighted by Crippen LogP contribution is 2.52. The lowest BCUT2D eigenvalue weighted by Crippen LogP contribution is -2.62. The summed E-state index contributed by atoms with van der Waals surface area (Å²) >= 11 is 0. The van der Waals surface area contributed by atoms with Crippen molar-refractivity contribution in [3.05, 3.63) is 71.7 Å². The number of carbonyl (C=O) groups excluding carboxylic acids is 1. The number of hydrogen-bond acceptors (Lipinski definition) is 3. The van der Waals surface area contributed by atoms with E-state index in [2.05, 4.69) is 47.5 Å². The van der Waals surface area contributed by atoms with Crippen molar-refractivity contribution in [1.82, 2.24) is 19.6 Å². The van der Waals surface area contributed by atoms with Crippen LogP contribution in [-0.4, -0.2) is 44.4 Å². The fraction of sp³-hybridized carbons (Fsp3) is 0.462. The maximum absolute atomic E-state index is 14.1. The van der Waals surface area contributed by atoms with Gasteiger partial charge in [-0.05, 0) is 56.2 Å². The Hall–Kier alpha value is -2.66. The zero-order valence-corrected chi connectivity index (χ0v) is 18.3. The lowest BCUT2D eigenvalue weighted by molar-refractivity contribution is -0.0114. The summed E-state index contributed by atoms with van der Waals surface area (Å²) < 4.78 is 1.98. The maximum Gasteiger partial charge on any atom is 0.274 e. The molecular weight excluding hydrogens is 384 g/mol. The van der Waals surface area contributed by atoms with E-state index in [4.69, 9.17) is 4.98 Å². The average Bonchev–Trinajstić information content (AvgIpc) is 3.35. The number of pyridine rings is 1. The third-order valence-electron chi connectivity index (χ3n) is 8.18. The third kappa shape index (κ3) is 2.86. The number of imidazole rings is 1. The Morgan fingerprint density at radius 2 is 2.03 bits per heavy atom. The molecule has 3 fully saturated rings. The van der Waals surface area contributed by atoms with Gasteiger partial charge in [-0.3, -0.25) is 4.79 Å². The number of nitrogens with one attached hydrogen (secondary N) is 1. The number of nitrogens with zero attached hydrogens (tertiary/aromatic N) is 3. The van der Waals surface area contributed by atoms with Gasteiger partial charge in [-0.25, -0.2) is 4.98 Å². The van der Waals surface area contributed by atoms with Crippen LogP contribution in [0.5, 0.6) is 0 Å². The van der Waals surface area contributed by atoms with Crippen LogP contribution < -0.4 is 5.32 Å². The van der Waals surface area contributed by atoms with Crippen LogP contribution in [0.15, 0.2) is 54.9 Å². The lowest BCUT2D eigenvalue weighted by Gasteiger charge is -2.53. The Labute approximate surface area is 183 Å². The van der Waals surface area contributed by atoms with E-state index >= 15 is 0 Å². The van der Waals surface area contributed by atoms with Crippen LogP contribution in [0.3, 0.4) is 0 Å².